The molecule has 0 bridgehead atoms. The molecular formula is C11H14N2O3. The van der Waals surface area contributed by atoms with Gasteiger partial charge in [-0.05, 0) is 26.0 Å². The number of esters is 1. The van der Waals surface area contributed by atoms with Crippen molar-refractivity contribution in [2.24, 2.45) is 5.16 Å². The van der Waals surface area contributed by atoms with E-state index in [1.165, 1.54) is 13.3 Å². The second-order valence-electron chi connectivity index (χ2n) is 3.34. The zero-order valence-electron chi connectivity index (χ0n) is 9.56. The molecule has 0 aromatic carbocycles. The third-order valence-electron chi connectivity index (χ3n) is 1.71. The molecule has 86 valence electrons. The van der Waals surface area contributed by atoms with E-state index in [1.807, 2.05) is 13.8 Å². The van der Waals surface area contributed by atoms with Crippen LogP contribution in [-0.4, -0.2) is 23.8 Å². The monoisotopic (exact) mass is 222 g/mol. The summed E-state index contributed by atoms with van der Waals surface area (Å²) >= 11 is 0. The van der Waals surface area contributed by atoms with Crippen molar-refractivity contribution in [3.8, 4) is 0 Å². The molecule has 16 heavy (non-hydrogen) atoms. The Labute approximate surface area is 94.1 Å². The van der Waals surface area contributed by atoms with Crippen molar-refractivity contribution >= 4 is 11.7 Å². The van der Waals surface area contributed by atoms with Crippen molar-refractivity contribution in [1.29, 1.82) is 0 Å². The van der Waals surface area contributed by atoms with Crippen molar-refractivity contribution in [2.45, 2.75) is 20.5 Å². The molecule has 0 aliphatic heterocycles. The zero-order chi connectivity index (χ0) is 12.0. The average Bonchev–Trinajstić information content (AvgIpc) is 2.28. The number of pyridine rings is 1. The fourth-order valence-electron chi connectivity index (χ4n) is 0.976. The minimum atomic E-state index is -0.401. The van der Waals surface area contributed by atoms with E-state index in [4.69, 9.17) is 4.84 Å². The molecule has 1 heterocycles. The fourth-order valence-corrected chi connectivity index (χ4v) is 0.976. The molecule has 0 N–H and O–H groups in total. The summed E-state index contributed by atoms with van der Waals surface area (Å²) in [5.74, 6) is -0.401. The lowest BCUT2D eigenvalue weighted by Gasteiger charge is -2.01. The van der Waals surface area contributed by atoms with Gasteiger partial charge in [0.05, 0.1) is 24.1 Å². The van der Waals surface area contributed by atoms with Gasteiger partial charge < -0.3 is 9.57 Å². The number of hydrogen-bond acceptors (Lipinski definition) is 5. The van der Waals surface area contributed by atoms with Gasteiger partial charge >= 0.3 is 5.97 Å². The summed E-state index contributed by atoms with van der Waals surface area (Å²) in [7, 11) is 1.33. The van der Waals surface area contributed by atoms with Crippen LogP contribution in [0, 0.1) is 0 Å². The molecule has 1 rings (SSSR count). The Kier molecular flexibility index (Phi) is 4.44. The van der Waals surface area contributed by atoms with Crippen LogP contribution in [0.5, 0.6) is 0 Å². The van der Waals surface area contributed by atoms with Gasteiger partial charge in [0.2, 0.25) is 0 Å². The maximum Gasteiger partial charge on any atom is 0.339 e. The molecule has 0 unspecified atom stereocenters. The van der Waals surface area contributed by atoms with Crippen LogP contribution in [0.4, 0.5) is 0 Å². The molecule has 0 aliphatic rings. The Bertz CT molecular complexity index is 381. The Balaban J connectivity index is 2.58. The highest BCUT2D eigenvalue weighted by Crippen LogP contribution is 2.03. The van der Waals surface area contributed by atoms with Gasteiger partial charge in [-0.2, -0.15) is 0 Å². The topological polar surface area (TPSA) is 60.8 Å². The van der Waals surface area contributed by atoms with Crippen LogP contribution in [0.3, 0.4) is 0 Å². The first-order valence-electron chi connectivity index (χ1n) is 4.80. The summed E-state index contributed by atoms with van der Waals surface area (Å²) < 4.78 is 4.56. The maximum absolute atomic E-state index is 11.1. The molecule has 0 saturated heterocycles. The lowest BCUT2D eigenvalue weighted by atomic mass is 10.2. The fraction of sp³-hybridized carbons (Fsp3) is 0.364. The lowest BCUT2D eigenvalue weighted by Crippen LogP contribution is -2.02. The number of carbonyl (C=O) groups excluding carboxylic acids is 1. The third kappa shape index (κ3) is 3.68. The summed E-state index contributed by atoms with van der Waals surface area (Å²) in [5.41, 5.74) is 1.96. The van der Waals surface area contributed by atoms with Gasteiger partial charge in [-0.25, -0.2) is 4.79 Å². The second-order valence-corrected chi connectivity index (χ2v) is 3.34. The summed E-state index contributed by atoms with van der Waals surface area (Å²) in [6.45, 7) is 3.97. The first kappa shape index (κ1) is 12.2. The van der Waals surface area contributed by atoms with Crippen LogP contribution in [0.15, 0.2) is 23.5 Å². The first-order chi connectivity index (χ1) is 7.63. The van der Waals surface area contributed by atoms with Crippen molar-refractivity contribution < 1.29 is 14.4 Å². The van der Waals surface area contributed by atoms with Crippen LogP contribution < -0.4 is 0 Å². The molecule has 5 heteroatoms. The highest BCUT2D eigenvalue weighted by Gasteiger charge is 2.05. The van der Waals surface area contributed by atoms with E-state index in [0.717, 1.165) is 5.71 Å². The molecule has 0 radical (unpaired) electrons. The van der Waals surface area contributed by atoms with Gasteiger partial charge in [0.25, 0.3) is 0 Å². The molecule has 0 amide bonds. The highest BCUT2D eigenvalue weighted by molar-refractivity contribution is 5.88. The van der Waals surface area contributed by atoms with Crippen LogP contribution in [0.25, 0.3) is 0 Å². The number of aromatic nitrogens is 1. The van der Waals surface area contributed by atoms with E-state index in [-0.39, 0.29) is 6.61 Å². The lowest BCUT2D eigenvalue weighted by molar-refractivity contribution is 0.0600. The minimum absolute atomic E-state index is 0.284. The Morgan fingerprint density at radius 1 is 1.44 bits per heavy atom. The SMILES string of the molecule is COC(=O)c1ccc(CON=C(C)C)nc1. The quantitative estimate of drug-likeness (QED) is 0.442. The van der Waals surface area contributed by atoms with Crippen LogP contribution >= 0.6 is 0 Å². The number of methoxy groups -OCH3 is 1. The van der Waals surface area contributed by atoms with Crippen LogP contribution in [0.1, 0.15) is 29.9 Å². The third-order valence-corrected chi connectivity index (χ3v) is 1.71. The Morgan fingerprint density at radius 3 is 2.69 bits per heavy atom. The van der Waals surface area contributed by atoms with E-state index < -0.39 is 5.97 Å². The highest BCUT2D eigenvalue weighted by atomic mass is 16.6. The van der Waals surface area contributed by atoms with Crippen molar-refractivity contribution in [1.82, 2.24) is 4.98 Å². The van der Waals surface area contributed by atoms with E-state index in [1.54, 1.807) is 12.1 Å². The molecule has 0 spiro atoms. The van der Waals surface area contributed by atoms with Gasteiger partial charge in [-0.1, -0.05) is 5.16 Å². The normalized spacial score (nSPS) is 9.44. The molecular weight excluding hydrogens is 208 g/mol. The summed E-state index contributed by atoms with van der Waals surface area (Å²) in [5, 5.41) is 3.78. The van der Waals surface area contributed by atoms with Crippen LogP contribution in [0.2, 0.25) is 0 Å². The molecule has 0 aliphatic carbocycles. The van der Waals surface area contributed by atoms with Gasteiger partial charge in [0.1, 0.15) is 0 Å². The van der Waals surface area contributed by atoms with E-state index in [2.05, 4.69) is 14.9 Å². The smallest absolute Gasteiger partial charge is 0.339 e. The van der Waals surface area contributed by atoms with Gasteiger partial charge in [-0.15, -0.1) is 0 Å². The van der Waals surface area contributed by atoms with Gasteiger partial charge in [-0.3, -0.25) is 4.98 Å². The van der Waals surface area contributed by atoms with E-state index in [0.29, 0.717) is 11.3 Å². The standard InChI is InChI=1S/C11H14N2O3/c1-8(2)13-16-7-10-5-4-9(6-12-10)11(14)15-3/h4-6H,7H2,1-3H3. The number of hydrogen-bond donors (Lipinski definition) is 0. The maximum atomic E-state index is 11.1. The van der Waals surface area contributed by atoms with E-state index >= 15 is 0 Å². The van der Waals surface area contributed by atoms with Crippen molar-refractivity contribution in [2.75, 3.05) is 7.11 Å². The number of rotatable bonds is 4. The summed E-state index contributed by atoms with van der Waals surface area (Å²) in [6.07, 6.45) is 1.45. The average molecular weight is 222 g/mol. The molecule has 1 aromatic heterocycles. The number of ether oxygens (including phenoxy) is 1. The van der Waals surface area contributed by atoms with Gasteiger partial charge in [0.15, 0.2) is 6.61 Å². The minimum Gasteiger partial charge on any atom is -0.465 e. The molecule has 0 fully saturated rings. The molecule has 0 saturated carbocycles. The van der Waals surface area contributed by atoms with E-state index in [9.17, 15) is 4.79 Å². The van der Waals surface area contributed by atoms with Crippen molar-refractivity contribution in [3.05, 3.63) is 29.6 Å². The molecule has 0 atom stereocenters. The molecule has 5 nitrogen and oxygen atoms in total. The summed E-state index contributed by atoms with van der Waals surface area (Å²) in [6, 6.07) is 3.34. The van der Waals surface area contributed by atoms with Gasteiger partial charge in [0, 0.05) is 6.20 Å². The molecule has 1 aromatic rings. The second kappa shape index (κ2) is 5.85. The number of nitrogens with zero attached hydrogens (tertiary/aromatic N) is 2. The predicted molar refractivity (Wildman–Crippen MR) is 59.1 cm³/mol. The largest absolute Gasteiger partial charge is 0.465 e. The number of oxime groups is 1. The Morgan fingerprint density at radius 2 is 2.19 bits per heavy atom. The van der Waals surface area contributed by atoms with Crippen molar-refractivity contribution in [3.63, 3.8) is 0 Å². The van der Waals surface area contributed by atoms with Crippen LogP contribution in [-0.2, 0) is 16.2 Å². The number of carbonyl (C=O) groups is 1. The predicted octanol–water partition coefficient (Wildman–Crippen LogP) is 1.78. The first-order valence-corrected chi connectivity index (χ1v) is 4.80. The Hall–Kier alpha value is -1.91. The zero-order valence-corrected chi connectivity index (χ0v) is 9.56. The summed E-state index contributed by atoms with van der Waals surface area (Å²) in [4.78, 5) is 20.2.